The van der Waals surface area contributed by atoms with Crippen molar-refractivity contribution in [2.75, 3.05) is 0 Å². The fourth-order valence-corrected chi connectivity index (χ4v) is 2.02. The van der Waals surface area contributed by atoms with Gasteiger partial charge in [0, 0.05) is 0 Å². The Morgan fingerprint density at radius 1 is 1.15 bits per heavy atom. The average Bonchev–Trinajstić information content (AvgIpc) is 2.67. The summed E-state index contributed by atoms with van der Waals surface area (Å²) >= 11 is 0. The van der Waals surface area contributed by atoms with E-state index >= 15 is 0 Å². The smallest absolute Gasteiger partial charge is 0.0652 e. The fourth-order valence-electron chi connectivity index (χ4n) is 2.02. The second kappa shape index (κ2) is 4.99. The number of hydrogen-bond acceptors (Lipinski definition) is 1. The zero-order valence-electron chi connectivity index (χ0n) is 9.18. The standard InChI is InChI=1S/C12H24O/c1-3-4-5-6-7-8-9-11-10-12(11,2)13/h11,13H,3-10H2,1-2H3/t11-,12-/m1/s1. The molecule has 0 radical (unpaired) electrons. The molecule has 13 heavy (non-hydrogen) atoms. The van der Waals surface area contributed by atoms with Crippen molar-refractivity contribution in [2.24, 2.45) is 5.92 Å². The van der Waals surface area contributed by atoms with E-state index in [-0.39, 0.29) is 5.60 Å². The molecule has 1 aliphatic rings. The van der Waals surface area contributed by atoms with Gasteiger partial charge < -0.3 is 5.11 Å². The van der Waals surface area contributed by atoms with Crippen molar-refractivity contribution in [3.8, 4) is 0 Å². The highest BCUT2D eigenvalue weighted by atomic mass is 16.3. The molecule has 1 fully saturated rings. The summed E-state index contributed by atoms with van der Waals surface area (Å²) in [5.41, 5.74) is -0.288. The van der Waals surface area contributed by atoms with Crippen LogP contribution in [0.5, 0.6) is 0 Å². The first-order chi connectivity index (χ1) is 6.17. The van der Waals surface area contributed by atoms with Crippen molar-refractivity contribution in [3.63, 3.8) is 0 Å². The van der Waals surface area contributed by atoms with Crippen molar-refractivity contribution in [3.05, 3.63) is 0 Å². The van der Waals surface area contributed by atoms with Crippen LogP contribution in [0, 0.1) is 5.92 Å². The summed E-state index contributed by atoms with van der Waals surface area (Å²) in [5, 5.41) is 9.53. The van der Waals surface area contributed by atoms with Gasteiger partial charge in [-0.1, -0.05) is 45.4 Å². The molecule has 0 aromatic carbocycles. The molecule has 1 heteroatoms. The fraction of sp³-hybridized carbons (Fsp3) is 1.00. The molecule has 1 N–H and O–H groups in total. The summed E-state index contributed by atoms with van der Waals surface area (Å²) in [6.07, 6.45) is 10.5. The molecular weight excluding hydrogens is 160 g/mol. The van der Waals surface area contributed by atoms with Gasteiger partial charge in [-0.3, -0.25) is 0 Å². The lowest BCUT2D eigenvalue weighted by molar-refractivity contribution is 0.149. The quantitative estimate of drug-likeness (QED) is 0.600. The Morgan fingerprint density at radius 2 is 1.69 bits per heavy atom. The Balaban J connectivity index is 1.80. The van der Waals surface area contributed by atoms with Gasteiger partial charge in [-0.2, -0.15) is 0 Å². The molecule has 0 heterocycles. The first-order valence-electron chi connectivity index (χ1n) is 5.89. The van der Waals surface area contributed by atoms with E-state index in [4.69, 9.17) is 0 Å². The van der Waals surface area contributed by atoms with Gasteiger partial charge in [-0.05, 0) is 25.7 Å². The van der Waals surface area contributed by atoms with Gasteiger partial charge >= 0.3 is 0 Å². The van der Waals surface area contributed by atoms with Crippen molar-refractivity contribution in [1.29, 1.82) is 0 Å². The molecule has 78 valence electrons. The highest BCUT2D eigenvalue weighted by Gasteiger charge is 2.47. The molecule has 0 saturated heterocycles. The van der Waals surface area contributed by atoms with Gasteiger partial charge in [0.25, 0.3) is 0 Å². The first-order valence-corrected chi connectivity index (χ1v) is 5.89. The minimum Gasteiger partial charge on any atom is -0.390 e. The van der Waals surface area contributed by atoms with Crippen LogP contribution in [0.2, 0.25) is 0 Å². The zero-order chi connectivity index (χ0) is 9.73. The van der Waals surface area contributed by atoms with Crippen LogP contribution in [-0.2, 0) is 0 Å². The molecule has 0 bridgehead atoms. The summed E-state index contributed by atoms with van der Waals surface area (Å²) in [5.74, 6) is 0.624. The van der Waals surface area contributed by atoms with Crippen LogP contribution in [0.3, 0.4) is 0 Å². The van der Waals surface area contributed by atoms with Crippen LogP contribution in [0.15, 0.2) is 0 Å². The van der Waals surface area contributed by atoms with Crippen LogP contribution < -0.4 is 0 Å². The third-order valence-corrected chi connectivity index (χ3v) is 3.29. The summed E-state index contributed by atoms with van der Waals surface area (Å²) in [6.45, 7) is 4.22. The van der Waals surface area contributed by atoms with E-state index < -0.39 is 0 Å². The Morgan fingerprint density at radius 3 is 2.23 bits per heavy atom. The predicted molar refractivity (Wildman–Crippen MR) is 56.7 cm³/mol. The maximum absolute atomic E-state index is 9.53. The molecular formula is C12H24O. The van der Waals surface area contributed by atoms with Gasteiger partial charge in [-0.15, -0.1) is 0 Å². The molecule has 1 saturated carbocycles. The van der Waals surface area contributed by atoms with Crippen molar-refractivity contribution in [2.45, 2.75) is 70.8 Å². The Labute approximate surface area is 82.5 Å². The van der Waals surface area contributed by atoms with Crippen LogP contribution in [-0.4, -0.2) is 10.7 Å². The van der Waals surface area contributed by atoms with E-state index in [1.807, 2.05) is 6.92 Å². The molecule has 1 aliphatic carbocycles. The van der Waals surface area contributed by atoms with Gasteiger partial charge in [0.05, 0.1) is 5.60 Å². The van der Waals surface area contributed by atoms with Crippen molar-refractivity contribution >= 4 is 0 Å². The largest absolute Gasteiger partial charge is 0.390 e. The van der Waals surface area contributed by atoms with E-state index in [9.17, 15) is 5.11 Å². The zero-order valence-corrected chi connectivity index (χ0v) is 9.18. The number of unbranched alkanes of at least 4 members (excludes halogenated alkanes) is 5. The SMILES string of the molecule is CCCCCCCC[C@@H]1C[C@@]1(C)O. The number of aliphatic hydroxyl groups is 1. The van der Waals surface area contributed by atoms with Crippen LogP contribution in [0.1, 0.15) is 65.2 Å². The highest BCUT2D eigenvalue weighted by Crippen LogP contribution is 2.46. The maximum atomic E-state index is 9.53. The topological polar surface area (TPSA) is 20.2 Å². The summed E-state index contributed by atoms with van der Waals surface area (Å²) in [4.78, 5) is 0. The third kappa shape index (κ3) is 4.12. The van der Waals surface area contributed by atoms with E-state index in [0.717, 1.165) is 6.42 Å². The van der Waals surface area contributed by atoms with Gasteiger partial charge in [-0.25, -0.2) is 0 Å². The number of hydrogen-bond donors (Lipinski definition) is 1. The van der Waals surface area contributed by atoms with Gasteiger partial charge in [0.2, 0.25) is 0 Å². The third-order valence-electron chi connectivity index (χ3n) is 3.29. The molecule has 0 aromatic heterocycles. The van der Waals surface area contributed by atoms with E-state index in [0.29, 0.717) is 5.92 Å². The molecule has 1 nitrogen and oxygen atoms in total. The summed E-state index contributed by atoms with van der Waals surface area (Å²) in [7, 11) is 0. The molecule has 0 aliphatic heterocycles. The second-order valence-electron chi connectivity index (χ2n) is 4.81. The Kier molecular flexibility index (Phi) is 4.24. The van der Waals surface area contributed by atoms with E-state index in [2.05, 4.69) is 6.92 Å². The number of rotatable bonds is 7. The highest BCUT2D eigenvalue weighted by molar-refractivity contribution is 4.98. The van der Waals surface area contributed by atoms with Crippen molar-refractivity contribution < 1.29 is 5.11 Å². The lowest BCUT2D eigenvalue weighted by atomic mass is 10.1. The molecule has 0 amide bonds. The van der Waals surface area contributed by atoms with Crippen molar-refractivity contribution in [1.82, 2.24) is 0 Å². The van der Waals surface area contributed by atoms with Crippen LogP contribution in [0.4, 0.5) is 0 Å². The Hall–Kier alpha value is -0.0400. The van der Waals surface area contributed by atoms with Gasteiger partial charge in [0.1, 0.15) is 0 Å². The Bertz CT molecular complexity index is 140. The normalized spacial score (nSPS) is 32.1. The monoisotopic (exact) mass is 184 g/mol. The van der Waals surface area contributed by atoms with Crippen LogP contribution >= 0.6 is 0 Å². The molecule has 1 rings (SSSR count). The maximum Gasteiger partial charge on any atom is 0.0652 e. The minimum absolute atomic E-state index is 0.288. The molecule has 2 atom stereocenters. The predicted octanol–water partition coefficient (Wildman–Crippen LogP) is 3.51. The lowest BCUT2D eigenvalue weighted by Gasteiger charge is -2.02. The van der Waals surface area contributed by atoms with Gasteiger partial charge in [0.15, 0.2) is 0 Å². The molecule has 0 aromatic rings. The average molecular weight is 184 g/mol. The summed E-state index contributed by atoms with van der Waals surface area (Å²) in [6, 6.07) is 0. The second-order valence-corrected chi connectivity index (χ2v) is 4.81. The van der Waals surface area contributed by atoms with Crippen LogP contribution in [0.25, 0.3) is 0 Å². The van der Waals surface area contributed by atoms with E-state index in [1.54, 1.807) is 0 Å². The summed E-state index contributed by atoms with van der Waals surface area (Å²) < 4.78 is 0. The molecule has 0 unspecified atom stereocenters. The van der Waals surface area contributed by atoms with E-state index in [1.165, 1.54) is 44.9 Å². The molecule has 0 spiro atoms. The lowest BCUT2D eigenvalue weighted by Crippen LogP contribution is -2.02. The minimum atomic E-state index is -0.288. The first kappa shape index (κ1) is 11.0.